The van der Waals surface area contributed by atoms with Crippen molar-refractivity contribution < 1.29 is 9.53 Å². The molecule has 0 saturated carbocycles. The summed E-state index contributed by atoms with van der Waals surface area (Å²) < 4.78 is 5.13. The third kappa shape index (κ3) is 1.85. The zero-order valence-electron chi connectivity index (χ0n) is 8.80. The van der Waals surface area contributed by atoms with Gasteiger partial charge >= 0.3 is 0 Å². The van der Waals surface area contributed by atoms with Gasteiger partial charge in [0.25, 0.3) is 5.91 Å². The molecule has 0 radical (unpaired) electrons. The highest BCUT2D eigenvalue weighted by atomic mass is 35.5. The van der Waals surface area contributed by atoms with E-state index in [4.69, 9.17) is 27.9 Å². The standard InChI is InChI=1S/C11H11Cl2NO2/c1-16-10-7(3-4-8(12)9(10)13)11(15)14-5-2-6-14/h3-4H,2,5-6H2,1H3. The third-order valence-corrected chi connectivity index (χ3v) is 3.41. The second-order valence-corrected chi connectivity index (χ2v) is 4.37. The molecule has 1 amide bonds. The summed E-state index contributed by atoms with van der Waals surface area (Å²) >= 11 is 11.8. The molecule has 0 N–H and O–H groups in total. The first-order chi connectivity index (χ1) is 7.65. The number of halogens is 2. The molecule has 16 heavy (non-hydrogen) atoms. The highest BCUT2D eigenvalue weighted by Crippen LogP contribution is 2.35. The molecular formula is C11H11Cl2NO2. The lowest BCUT2D eigenvalue weighted by Crippen LogP contribution is -2.42. The Bertz CT molecular complexity index is 430. The molecular weight excluding hydrogens is 249 g/mol. The van der Waals surface area contributed by atoms with Gasteiger partial charge in [-0.15, -0.1) is 0 Å². The van der Waals surface area contributed by atoms with Crippen LogP contribution in [0.15, 0.2) is 12.1 Å². The first-order valence-electron chi connectivity index (χ1n) is 4.96. The largest absolute Gasteiger partial charge is 0.494 e. The molecule has 0 aliphatic carbocycles. The summed E-state index contributed by atoms with van der Waals surface area (Å²) in [5.41, 5.74) is 0.469. The fourth-order valence-corrected chi connectivity index (χ4v) is 1.98. The maximum absolute atomic E-state index is 12.0. The van der Waals surface area contributed by atoms with Gasteiger partial charge in [-0.1, -0.05) is 23.2 Å². The van der Waals surface area contributed by atoms with E-state index in [1.54, 1.807) is 17.0 Å². The van der Waals surface area contributed by atoms with Gasteiger partial charge in [0.2, 0.25) is 0 Å². The molecule has 0 bridgehead atoms. The van der Waals surface area contributed by atoms with Crippen LogP contribution >= 0.6 is 23.2 Å². The molecule has 0 aromatic heterocycles. The lowest BCUT2D eigenvalue weighted by molar-refractivity contribution is 0.0648. The average molecular weight is 260 g/mol. The average Bonchev–Trinajstić information content (AvgIpc) is 2.19. The minimum Gasteiger partial charge on any atom is -0.494 e. The van der Waals surface area contributed by atoms with Crippen LogP contribution in [-0.4, -0.2) is 31.0 Å². The third-order valence-electron chi connectivity index (χ3n) is 2.63. The van der Waals surface area contributed by atoms with E-state index in [0.29, 0.717) is 16.3 Å². The normalized spacial score (nSPS) is 14.6. The van der Waals surface area contributed by atoms with Crippen LogP contribution in [-0.2, 0) is 0 Å². The second-order valence-electron chi connectivity index (χ2n) is 3.59. The summed E-state index contributed by atoms with van der Waals surface area (Å²) in [6.07, 6.45) is 1.05. The molecule has 1 heterocycles. The first-order valence-corrected chi connectivity index (χ1v) is 5.72. The number of carbonyl (C=O) groups excluding carboxylic acids is 1. The van der Waals surface area contributed by atoms with Crippen molar-refractivity contribution in [3.05, 3.63) is 27.7 Å². The number of hydrogen-bond acceptors (Lipinski definition) is 2. The van der Waals surface area contributed by atoms with Gasteiger partial charge in [0, 0.05) is 13.1 Å². The maximum atomic E-state index is 12.0. The fraction of sp³-hybridized carbons (Fsp3) is 0.364. The topological polar surface area (TPSA) is 29.5 Å². The Kier molecular flexibility index (Phi) is 3.26. The van der Waals surface area contributed by atoms with Gasteiger partial charge in [0.1, 0.15) is 5.02 Å². The van der Waals surface area contributed by atoms with E-state index >= 15 is 0 Å². The Morgan fingerprint density at radius 1 is 1.38 bits per heavy atom. The smallest absolute Gasteiger partial charge is 0.257 e. The fourth-order valence-electron chi connectivity index (χ4n) is 1.59. The predicted octanol–water partition coefficient (Wildman–Crippen LogP) is 2.85. The lowest BCUT2D eigenvalue weighted by atomic mass is 10.1. The molecule has 5 heteroatoms. The minimum absolute atomic E-state index is 0.0540. The number of nitrogens with zero attached hydrogens (tertiary/aromatic N) is 1. The number of carbonyl (C=O) groups is 1. The van der Waals surface area contributed by atoms with Crippen molar-refractivity contribution in [2.75, 3.05) is 20.2 Å². The number of methoxy groups -OCH3 is 1. The van der Waals surface area contributed by atoms with Crippen LogP contribution < -0.4 is 4.74 Å². The quantitative estimate of drug-likeness (QED) is 0.818. The van der Waals surface area contributed by atoms with Gasteiger partial charge in [-0.2, -0.15) is 0 Å². The van der Waals surface area contributed by atoms with Crippen molar-refractivity contribution in [3.8, 4) is 5.75 Å². The van der Waals surface area contributed by atoms with Crippen LogP contribution in [0, 0.1) is 0 Å². The van der Waals surface area contributed by atoms with Gasteiger partial charge in [-0.3, -0.25) is 4.79 Å². The number of hydrogen-bond donors (Lipinski definition) is 0. The number of amides is 1. The molecule has 1 aromatic rings. The van der Waals surface area contributed by atoms with Crippen molar-refractivity contribution in [2.45, 2.75) is 6.42 Å². The van der Waals surface area contributed by atoms with Crippen LogP contribution in [0.1, 0.15) is 16.8 Å². The van der Waals surface area contributed by atoms with E-state index in [1.807, 2.05) is 0 Å². The molecule has 3 nitrogen and oxygen atoms in total. The van der Waals surface area contributed by atoms with Gasteiger partial charge in [-0.05, 0) is 18.6 Å². The molecule has 2 rings (SSSR count). The minimum atomic E-state index is -0.0540. The molecule has 86 valence electrons. The summed E-state index contributed by atoms with van der Waals surface area (Å²) in [6.45, 7) is 1.59. The van der Waals surface area contributed by atoms with Crippen molar-refractivity contribution in [1.29, 1.82) is 0 Å². The summed E-state index contributed by atoms with van der Waals surface area (Å²) in [5.74, 6) is 0.299. The van der Waals surface area contributed by atoms with Crippen molar-refractivity contribution in [2.24, 2.45) is 0 Å². The van der Waals surface area contributed by atoms with E-state index in [-0.39, 0.29) is 10.9 Å². The predicted molar refractivity (Wildman–Crippen MR) is 63.5 cm³/mol. The number of ether oxygens (including phenoxy) is 1. The maximum Gasteiger partial charge on any atom is 0.257 e. The number of likely N-dealkylation sites (tertiary alicyclic amines) is 1. The Morgan fingerprint density at radius 2 is 2.06 bits per heavy atom. The van der Waals surface area contributed by atoms with Gasteiger partial charge in [-0.25, -0.2) is 0 Å². The molecule has 1 aliphatic heterocycles. The van der Waals surface area contributed by atoms with Crippen LogP contribution in [0.5, 0.6) is 5.75 Å². The van der Waals surface area contributed by atoms with Crippen LogP contribution in [0.25, 0.3) is 0 Å². The molecule has 0 spiro atoms. The second kappa shape index (κ2) is 4.52. The zero-order chi connectivity index (χ0) is 11.7. The molecule has 1 saturated heterocycles. The van der Waals surface area contributed by atoms with E-state index in [9.17, 15) is 4.79 Å². The molecule has 1 aliphatic rings. The Morgan fingerprint density at radius 3 is 2.56 bits per heavy atom. The van der Waals surface area contributed by atoms with Crippen LogP contribution in [0.4, 0.5) is 0 Å². The Hall–Kier alpha value is -0.930. The SMILES string of the molecule is COc1c(C(=O)N2CCC2)ccc(Cl)c1Cl. The first kappa shape index (κ1) is 11.6. The Labute approximate surface area is 104 Å². The highest BCUT2D eigenvalue weighted by Gasteiger charge is 2.25. The molecule has 1 aromatic carbocycles. The van der Waals surface area contributed by atoms with Crippen molar-refractivity contribution in [1.82, 2.24) is 4.90 Å². The lowest BCUT2D eigenvalue weighted by Gasteiger charge is -2.31. The summed E-state index contributed by atoms with van der Waals surface area (Å²) in [6, 6.07) is 3.26. The monoisotopic (exact) mass is 259 g/mol. The highest BCUT2D eigenvalue weighted by molar-refractivity contribution is 6.43. The Balaban J connectivity index is 2.39. The van der Waals surface area contributed by atoms with Crippen LogP contribution in [0.3, 0.4) is 0 Å². The van der Waals surface area contributed by atoms with Gasteiger partial charge in [0.05, 0.1) is 17.7 Å². The van der Waals surface area contributed by atoms with Crippen molar-refractivity contribution in [3.63, 3.8) is 0 Å². The molecule has 1 fully saturated rings. The van der Waals surface area contributed by atoms with E-state index < -0.39 is 0 Å². The van der Waals surface area contributed by atoms with E-state index in [2.05, 4.69) is 0 Å². The summed E-state index contributed by atoms with van der Waals surface area (Å²) in [4.78, 5) is 13.8. The van der Waals surface area contributed by atoms with Crippen molar-refractivity contribution >= 4 is 29.1 Å². The summed E-state index contributed by atoms with van der Waals surface area (Å²) in [5, 5.41) is 0.675. The zero-order valence-corrected chi connectivity index (χ0v) is 10.3. The van der Waals surface area contributed by atoms with Gasteiger partial charge in [0.15, 0.2) is 5.75 Å². The number of benzene rings is 1. The van der Waals surface area contributed by atoms with Crippen LogP contribution in [0.2, 0.25) is 10.0 Å². The molecule has 0 atom stereocenters. The van der Waals surface area contributed by atoms with E-state index in [0.717, 1.165) is 19.5 Å². The van der Waals surface area contributed by atoms with Gasteiger partial charge < -0.3 is 9.64 Å². The summed E-state index contributed by atoms with van der Waals surface area (Å²) in [7, 11) is 1.48. The van der Waals surface area contributed by atoms with E-state index in [1.165, 1.54) is 7.11 Å². The number of rotatable bonds is 2. The molecule has 0 unspecified atom stereocenters.